The van der Waals surface area contributed by atoms with Gasteiger partial charge in [0.2, 0.25) is 0 Å². The maximum Gasteiger partial charge on any atom is 0.153 e. The number of aromatic hydroxyl groups is 1. The summed E-state index contributed by atoms with van der Waals surface area (Å²) < 4.78 is 4.08. The fourth-order valence-electron chi connectivity index (χ4n) is 3.75. The molecule has 2 aromatic carbocycles. The zero-order valence-electron chi connectivity index (χ0n) is 18.2. The summed E-state index contributed by atoms with van der Waals surface area (Å²) in [5, 5.41) is 16.6. The number of halogens is 1. The summed E-state index contributed by atoms with van der Waals surface area (Å²) >= 11 is 5.21. The molecule has 0 aliphatic rings. The van der Waals surface area contributed by atoms with E-state index in [1.807, 2.05) is 32.0 Å². The predicted molar refractivity (Wildman–Crippen MR) is 136 cm³/mol. The molecular weight excluding hydrogens is 670 g/mol. The monoisotopic (exact) mass is 692 g/mol. The number of benzene rings is 2. The Hall–Kier alpha value is -2.25. The average Bonchev–Trinajstić information content (AvgIpc) is 3.34. The van der Waals surface area contributed by atoms with Gasteiger partial charge in [-0.15, -0.1) is 17.9 Å². The summed E-state index contributed by atoms with van der Waals surface area (Å²) in [6.07, 6.45) is 4.79. The number of fused-ring (bicyclic) bond motifs is 2. The molecule has 9 heteroatoms. The van der Waals surface area contributed by atoms with E-state index in [0.29, 0.717) is 18.9 Å². The van der Waals surface area contributed by atoms with Crippen LogP contribution in [-0.4, -0.2) is 19.9 Å². The maximum absolute atomic E-state index is 9.22. The van der Waals surface area contributed by atoms with E-state index in [1.54, 1.807) is 28.4 Å². The molecule has 0 spiro atoms. The Balaban J connectivity index is 0.000000182. The van der Waals surface area contributed by atoms with Gasteiger partial charge in [-0.05, 0) is 72.1 Å². The van der Waals surface area contributed by atoms with Crippen LogP contribution in [0.5, 0.6) is 5.75 Å². The predicted octanol–water partition coefficient (Wildman–Crippen LogP) is 6.60. The number of nitrogens with zero attached hydrogens (tertiary/aromatic N) is 3. The molecule has 170 valence electrons. The van der Waals surface area contributed by atoms with Gasteiger partial charge in [0.15, 0.2) is 5.75 Å². The third kappa shape index (κ3) is 5.64. The minimum Gasteiger partial charge on any atom is -0.674 e. The van der Waals surface area contributed by atoms with Crippen molar-refractivity contribution in [2.24, 2.45) is 0 Å². The molecule has 0 saturated carbocycles. The summed E-state index contributed by atoms with van der Waals surface area (Å²) in [5.41, 5.74) is 16.7. The Bertz CT molecular complexity index is 1420. The standard InChI is InChI=1S/C12H9BrN2OS.C12H14N3.W/c13-9-1-2-12-8(3-9)4-11(17-12)7-15-6-10(16)5-14-15;1-7-5-10-9(3-4-15-12(10)14)8(2)11(7)6-13;/h1-6,16H,7H2;3-5,13H,6H2,1-2H3,(H2,14,15);/q;-1;. The Kier molecular flexibility index (Phi) is 8.29. The van der Waals surface area contributed by atoms with Crippen LogP contribution in [0.15, 0.2) is 59.5 Å². The van der Waals surface area contributed by atoms with E-state index >= 15 is 0 Å². The number of hydrogen-bond acceptors (Lipinski definition) is 5. The van der Waals surface area contributed by atoms with Crippen LogP contribution in [0.25, 0.3) is 26.6 Å². The topological polar surface area (TPSA) is 101 Å². The van der Waals surface area contributed by atoms with E-state index in [1.165, 1.54) is 21.2 Å². The molecule has 0 saturated heterocycles. The third-order valence-corrected chi connectivity index (χ3v) is 6.95. The minimum absolute atomic E-state index is 0. The first-order chi connectivity index (χ1) is 15.4. The second-order valence-corrected chi connectivity index (χ2v) is 9.64. The average molecular weight is 693 g/mol. The molecule has 0 radical (unpaired) electrons. The molecule has 5 aromatic rings. The second-order valence-electron chi connectivity index (χ2n) is 7.56. The molecule has 3 heterocycles. The summed E-state index contributed by atoms with van der Waals surface area (Å²) in [5.74, 6) is 0.768. The number of nitrogens with two attached hydrogens (primary N) is 1. The van der Waals surface area contributed by atoms with Crippen LogP contribution < -0.4 is 5.73 Å². The molecule has 33 heavy (non-hydrogen) atoms. The first-order valence-electron chi connectivity index (χ1n) is 10.0. The number of thiophene rings is 1. The van der Waals surface area contributed by atoms with Crippen molar-refractivity contribution < 1.29 is 26.2 Å². The maximum atomic E-state index is 9.22. The molecular formula is C24H23BrN5OSW-. The molecule has 0 amide bonds. The number of anilines is 1. The number of hydrogen-bond donors (Lipinski definition) is 2. The van der Waals surface area contributed by atoms with Crippen molar-refractivity contribution in [3.8, 4) is 5.75 Å². The summed E-state index contributed by atoms with van der Waals surface area (Å²) in [7, 11) is 0. The molecule has 0 unspecified atom stereocenters. The zero-order chi connectivity index (χ0) is 22.8. The summed E-state index contributed by atoms with van der Waals surface area (Å²) in [6, 6.07) is 12.4. The molecule has 3 aromatic heterocycles. The van der Waals surface area contributed by atoms with Crippen LogP contribution in [0.3, 0.4) is 0 Å². The fourth-order valence-corrected chi connectivity index (χ4v) is 5.16. The van der Waals surface area contributed by atoms with Crippen molar-refractivity contribution in [2.75, 3.05) is 5.73 Å². The van der Waals surface area contributed by atoms with Gasteiger partial charge >= 0.3 is 0 Å². The smallest absolute Gasteiger partial charge is 0.153 e. The van der Waals surface area contributed by atoms with Gasteiger partial charge in [0.05, 0.1) is 18.9 Å². The van der Waals surface area contributed by atoms with E-state index in [2.05, 4.69) is 44.2 Å². The van der Waals surface area contributed by atoms with Gasteiger partial charge in [0.25, 0.3) is 0 Å². The Labute approximate surface area is 219 Å². The van der Waals surface area contributed by atoms with Crippen LogP contribution in [0.2, 0.25) is 0 Å². The quantitative estimate of drug-likeness (QED) is 0.223. The van der Waals surface area contributed by atoms with Crippen molar-refractivity contribution in [1.82, 2.24) is 14.8 Å². The summed E-state index contributed by atoms with van der Waals surface area (Å²) in [4.78, 5) is 5.30. The van der Waals surface area contributed by atoms with Crippen molar-refractivity contribution in [1.29, 1.82) is 0 Å². The molecule has 0 aliphatic carbocycles. The van der Waals surface area contributed by atoms with E-state index in [4.69, 9.17) is 11.5 Å². The van der Waals surface area contributed by atoms with Gasteiger partial charge in [-0.25, -0.2) is 4.98 Å². The fraction of sp³-hybridized carbons (Fsp3) is 0.167. The van der Waals surface area contributed by atoms with Gasteiger partial charge in [-0.1, -0.05) is 21.5 Å². The van der Waals surface area contributed by atoms with Gasteiger partial charge in [0, 0.05) is 46.7 Å². The van der Waals surface area contributed by atoms with Gasteiger partial charge in [0.1, 0.15) is 5.82 Å². The van der Waals surface area contributed by atoms with Gasteiger partial charge in [-0.2, -0.15) is 5.10 Å². The number of nitrogens with one attached hydrogen (secondary N) is 1. The number of rotatable bonds is 3. The van der Waals surface area contributed by atoms with Crippen LogP contribution in [-0.2, 0) is 34.2 Å². The third-order valence-electron chi connectivity index (χ3n) is 5.36. The molecule has 6 nitrogen and oxygen atoms in total. The number of aryl methyl sites for hydroxylation is 2. The molecule has 4 N–H and O–H groups in total. The van der Waals surface area contributed by atoms with E-state index in [0.717, 1.165) is 31.9 Å². The minimum atomic E-state index is 0. The SMILES string of the molecule is Cc1cc2c(N)nccc2c(C)c1C[NH-].Oc1cnn(Cc2cc3cc(Br)ccc3s2)c1.[W]. The normalized spacial score (nSPS) is 10.7. The van der Waals surface area contributed by atoms with Gasteiger partial charge < -0.3 is 16.6 Å². The Morgan fingerprint density at radius 3 is 2.64 bits per heavy atom. The molecule has 0 bridgehead atoms. The molecule has 0 atom stereocenters. The largest absolute Gasteiger partial charge is 0.674 e. The summed E-state index contributed by atoms with van der Waals surface area (Å²) in [6.45, 7) is 5.06. The second kappa shape index (κ2) is 10.8. The first-order valence-corrected chi connectivity index (χ1v) is 11.6. The van der Waals surface area contributed by atoms with Crippen LogP contribution >= 0.6 is 27.3 Å². The Morgan fingerprint density at radius 2 is 1.94 bits per heavy atom. The number of aromatic nitrogens is 3. The van der Waals surface area contributed by atoms with Crippen molar-refractivity contribution in [2.45, 2.75) is 26.9 Å². The van der Waals surface area contributed by atoms with Crippen LogP contribution in [0.1, 0.15) is 21.6 Å². The molecule has 5 rings (SSSR count). The zero-order valence-corrected chi connectivity index (χ0v) is 23.5. The van der Waals surface area contributed by atoms with Gasteiger partial charge in [-0.3, -0.25) is 4.68 Å². The Morgan fingerprint density at radius 1 is 1.15 bits per heavy atom. The van der Waals surface area contributed by atoms with Crippen LogP contribution in [0.4, 0.5) is 5.82 Å². The molecule has 0 fully saturated rings. The van der Waals surface area contributed by atoms with Crippen molar-refractivity contribution in [3.63, 3.8) is 0 Å². The molecule has 0 aliphatic heterocycles. The van der Waals surface area contributed by atoms with Crippen LogP contribution in [0, 0.1) is 13.8 Å². The van der Waals surface area contributed by atoms with E-state index in [-0.39, 0.29) is 26.8 Å². The first kappa shape index (κ1) is 25.4. The van der Waals surface area contributed by atoms with E-state index in [9.17, 15) is 5.11 Å². The van der Waals surface area contributed by atoms with Crippen molar-refractivity contribution in [3.05, 3.63) is 86.8 Å². The van der Waals surface area contributed by atoms with E-state index < -0.39 is 0 Å². The number of nitrogen functional groups attached to an aromatic ring is 1. The van der Waals surface area contributed by atoms with Crippen molar-refractivity contribution >= 4 is 53.9 Å². The number of pyridine rings is 1.